The molecule has 3 nitrogen and oxygen atoms in total. The highest BCUT2D eigenvalue weighted by molar-refractivity contribution is 7.84. The normalized spacial score (nSPS) is 12.4. The van der Waals surface area contributed by atoms with Crippen LogP contribution in [0.3, 0.4) is 0 Å². The number of hydrogen-bond acceptors (Lipinski definition) is 3. The van der Waals surface area contributed by atoms with Gasteiger partial charge >= 0.3 is 0 Å². The minimum Gasteiger partial charge on any atom is -0.369 e. The molecule has 1 unspecified atom stereocenters. The predicted octanol–water partition coefficient (Wildman–Crippen LogP) is 3.30. The lowest BCUT2D eigenvalue weighted by atomic mass is 10.00. The van der Waals surface area contributed by atoms with Crippen molar-refractivity contribution in [2.24, 2.45) is 5.73 Å². The molecule has 0 radical (unpaired) electrons. The molecule has 0 saturated carbocycles. The van der Waals surface area contributed by atoms with E-state index in [9.17, 15) is 9.00 Å². The summed E-state index contributed by atoms with van der Waals surface area (Å²) in [6.45, 7) is 0. The topological polar surface area (TPSA) is 60.2 Å². The smallest absolute Gasteiger partial charge is 0.230 e. The quantitative estimate of drug-likeness (QED) is 0.781. The van der Waals surface area contributed by atoms with Crippen LogP contribution in [0.5, 0.6) is 0 Å². The highest BCUT2D eigenvalue weighted by Crippen LogP contribution is 2.30. The highest BCUT2D eigenvalue weighted by atomic mass is 32.2. The zero-order valence-electron chi connectivity index (χ0n) is 11.8. The predicted molar refractivity (Wildman–Crippen MR) is 93.2 cm³/mol. The summed E-state index contributed by atoms with van der Waals surface area (Å²) >= 11 is 1.71. The highest BCUT2D eigenvalue weighted by Gasteiger charge is 2.10. The molecule has 0 bridgehead atoms. The zero-order valence-corrected chi connectivity index (χ0v) is 13.5. The third kappa shape index (κ3) is 3.26. The van der Waals surface area contributed by atoms with E-state index in [-0.39, 0.29) is 5.75 Å². The molecule has 1 heterocycles. The minimum atomic E-state index is -1.28. The number of thiophene rings is 1. The van der Waals surface area contributed by atoms with Crippen LogP contribution in [0.15, 0.2) is 53.9 Å². The minimum absolute atomic E-state index is 0.0993. The summed E-state index contributed by atoms with van der Waals surface area (Å²) < 4.78 is 13.2. The first-order valence-electron chi connectivity index (χ1n) is 6.82. The molecule has 1 atom stereocenters. The Morgan fingerprint density at radius 2 is 1.95 bits per heavy atom. The Morgan fingerprint density at radius 1 is 1.14 bits per heavy atom. The number of fused-ring (bicyclic) bond motifs is 1. The summed E-state index contributed by atoms with van der Waals surface area (Å²) in [6, 6.07) is 16.3. The summed E-state index contributed by atoms with van der Waals surface area (Å²) in [6.07, 6.45) is 0. The van der Waals surface area contributed by atoms with Gasteiger partial charge in [0.25, 0.3) is 0 Å². The molecule has 3 rings (SSSR count). The molecule has 2 N–H and O–H groups in total. The molecule has 0 aliphatic rings. The summed E-state index contributed by atoms with van der Waals surface area (Å²) in [5.41, 5.74) is 8.23. The van der Waals surface area contributed by atoms with Gasteiger partial charge < -0.3 is 5.73 Å². The van der Waals surface area contributed by atoms with Crippen LogP contribution in [0.25, 0.3) is 21.2 Å². The fourth-order valence-electron chi connectivity index (χ4n) is 2.45. The maximum absolute atomic E-state index is 12.0. The molecular formula is C17H15NO2S2. The first kappa shape index (κ1) is 14.9. The molecule has 0 spiro atoms. The average molecular weight is 329 g/mol. The van der Waals surface area contributed by atoms with Gasteiger partial charge in [0.1, 0.15) is 5.75 Å². The maximum atomic E-state index is 12.0. The molecule has 5 heteroatoms. The second kappa shape index (κ2) is 6.42. The van der Waals surface area contributed by atoms with E-state index < -0.39 is 16.7 Å². The number of rotatable bonds is 5. The molecule has 0 saturated heterocycles. The molecule has 22 heavy (non-hydrogen) atoms. The van der Waals surface area contributed by atoms with Crippen LogP contribution in [0.2, 0.25) is 0 Å². The van der Waals surface area contributed by atoms with Crippen molar-refractivity contribution in [1.29, 1.82) is 0 Å². The zero-order chi connectivity index (χ0) is 15.5. The van der Waals surface area contributed by atoms with E-state index in [1.54, 1.807) is 11.3 Å². The van der Waals surface area contributed by atoms with E-state index in [2.05, 4.69) is 29.6 Å². The van der Waals surface area contributed by atoms with Crippen LogP contribution in [-0.2, 0) is 21.3 Å². The van der Waals surface area contributed by atoms with E-state index in [1.807, 2.05) is 24.3 Å². The largest absolute Gasteiger partial charge is 0.369 e. The van der Waals surface area contributed by atoms with Gasteiger partial charge in [-0.15, -0.1) is 11.3 Å². The van der Waals surface area contributed by atoms with E-state index in [0.717, 1.165) is 16.7 Å². The second-order valence-corrected chi connectivity index (χ2v) is 7.43. The second-order valence-electron chi connectivity index (χ2n) is 5.03. The Bertz CT molecular complexity index is 854. The molecule has 0 fully saturated rings. The van der Waals surface area contributed by atoms with Crippen molar-refractivity contribution in [1.82, 2.24) is 0 Å². The van der Waals surface area contributed by atoms with Gasteiger partial charge in [0, 0.05) is 21.3 Å². The molecule has 3 aromatic rings. The summed E-state index contributed by atoms with van der Waals surface area (Å²) in [7, 11) is -1.28. The fourth-order valence-corrected chi connectivity index (χ4v) is 4.23. The first-order chi connectivity index (χ1) is 10.6. The van der Waals surface area contributed by atoms with Crippen LogP contribution >= 0.6 is 11.3 Å². The number of carbonyl (C=O) groups is 1. The van der Waals surface area contributed by atoms with Gasteiger partial charge in [-0.05, 0) is 45.7 Å². The van der Waals surface area contributed by atoms with Crippen LogP contribution in [0.1, 0.15) is 5.56 Å². The summed E-state index contributed by atoms with van der Waals surface area (Å²) in [4.78, 5) is 10.9. The van der Waals surface area contributed by atoms with Gasteiger partial charge in [-0.25, -0.2) is 0 Å². The SMILES string of the molecule is NC(=O)CS(=O)Cc1ccccc1-c1ccc2sccc2c1. The van der Waals surface area contributed by atoms with Crippen molar-refractivity contribution in [3.05, 3.63) is 59.5 Å². The van der Waals surface area contributed by atoms with Gasteiger partial charge in [0.2, 0.25) is 5.91 Å². The number of primary amides is 1. The van der Waals surface area contributed by atoms with E-state index in [0.29, 0.717) is 5.75 Å². The first-order valence-corrected chi connectivity index (χ1v) is 9.19. The molecule has 0 aliphatic heterocycles. The molecule has 2 aromatic carbocycles. The number of benzene rings is 2. The fraction of sp³-hybridized carbons (Fsp3) is 0.118. The van der Waals surface area contributed by atoms with Crippen molar-refractivity contribution < 1.29 is 9.00 Å². The van der Waals surface area contributed by atoms with Crippen LogP contribution in [0, 0.1) is 0 Å². The number of hydrogen-bond donors (Lipinski definition) is 1. The van der Waals surface area contributed by atoms with Crippen LogP contribution in [-0.4, -0.2) is 15.9 Å². The molecule has 112 valence electrons. The van der Waals surface area contributed by atoms with Gasteiger partial charge in [-0.2, -0.15) is 0 Å². The van der Waals surface area contributed by atoms with Crippen LogP contribution < -0.4 is 5.73 Å². The van der Waals surface area contributed by atoms with Crippen molar-refractivity contribution in [3.8, 4) is 11.1 Å². The van der Waals surface area contributed by atoms with Crippen molar-refractivity contribution in [2.75, 3.05) is 5.75 Å². The lowest BCUT2D eigenvalue weighted by Crippen LogP contribution is -2.20. The Morgan fingerprint density at radius 3 is 2.77 bits per heavy atom. The van der Waals surface area contributed by atoms with Gasteiger partial charge in [-0.3, -0.25) is 9.00 Å². The van der Waals surface area contributed by atoms with Crippen molar-refractivity contribution >= 4 is 38.1 Å². The summed E-state index contributed by atoms with van der Waals surface area (Å²) in [5.74, 6) is -0.297. The average Bonchev–Trinajstić information content (AvgIpc) is 2.94. The lowest BCUT2D eigenvalue weighted by molar-refractivity contribution is -0.115. The van der Waals surface area contributed by atoms with Crippen LogP contribution in [0.4, 0.5) is 0 Å². The van der Waals surface area contributed by atoms with E-state index in [4.69, 9.17) is 5.73 Å². The standard InChI is InChI=1S/C17H15NO2S2/c18-17(19)11-22(20)10-14-3-1-2-4-15(14)12-5-6-16-13(9-12)7-8-21-16/h1-9H,10-11H2,(H2,18,19). The monoisotopic (exact) mass is 329 g/mol. The molecule has 1 amide bonds. The molecule has 1 aromatic heterocycles. The number of amides is 1. The lowest BCUT2D eigenvalue weighted by Gasteiger charge is -2.09. The third-order valence-electron chi connectivity index (χ3n) is 3.40. The molecular weight excluding hydrogens is 314 g/mol. The van der Waals surface area contributed by atoms with Gasteiger partial charge in [0.05, 0.1) is 0 Å². The van der Waals surface area contributed by atoms with Gasteiger partial charge in [0.15, 0.2) is 0 Å². The van der Waals surface area contributed by atoms with E-state index in [1.165, 1.54) is 10.1 Å². The Hall–Kier alpha value is -1.98. The number of carbonyl (C=O) groups excluding carboxylic acids is 1. The Kier molecular flexibility index (Phi) is 4.36. The van der Waals surface area contributed by atoms with Gasteiger partial charge in [-0.1, -0.05) is 30.3 Å². The third-order valence-corrected chi connectivity index (χ3v) is 5.54. The molecule has 0 aliphatic carbocycles. The Labute approximate surface area is 135 Å². The maximum Gasteiger partial charge on any atom is 0.230 e. The van der Waals surface area contributed by atoms with Crippen molar-refractivity contribution in [3.63, 3.8) is 0 Å². The van der Waals surface area contributed by atoms with Crippen molar-refractivity contribution in [2.45, 2.75) is 5.75 Å². The Balaban J connectivity index is 1.96. The van der Waals surface area contributed by atoms with E-state index >= 15 is 0 Å². The summed E-state index contributed by atoms with van der Waals surface area (Å²) in [5, 5.41) is 3.28. The number of nitrogens with two attached hydrogens (primary N) is 1.